The number of hydrogen-bond donors (Lipinski definition) is 1. The number of rotatable bonds is 7. The van der Waals surface area contributed by atoms with Crippen LogP contribution in [-0.4, -0.2) is 34.6 Å². The normalized spacial score (nSPS) is 18.7. The van der Waals surface area contributed by atoms with E-state index in [0.29, 0.717) is 11.7 Å². The number of nitrogens with one attached hydrogen (secondary N) is 1. The summed E-state index contributed by atoms with van der Waals surface area (Å²) in [6.45, 7) is 4.28. The molecule has 1 heterocycles. The molecule has 1 amide bonds. The maximum absolute atomic E-state index is 12.2. The van der Waals surface area contributed by atoms with Crippen molar-refractivity contribution in [3.63, 3.8) is 0 Å². The maximum Gasteiger partial charge on any atom is 0.258 e. The number of nitrogens with zero attached hydrogens (tertiary/aromatic N) is 3. The van der Waals surface area contributed by atoms with Gasteiger partial charge in [-0.15, -0.1) is 0 Å². The van der Waals surface area contributed by atoms with Gasteiger partial charge in [-0.25, -0.2) is 9.97 Å². The van der Waals surface area contributed by atoms with Crippen LogP contribution in [0.5, 0.6) is 11.6 Å². The van der Waals surface area contributed by atoms with Gasteiger partial charge < -0.3 is 14.8 Å². The summed E-state index contributed by atoms with van der Waals surface area (Å²) in [7, 11) is 0. The highest BCUT2D eigenvalue weighted by molar-refractivity contribution is 5.77. The number of hydrogen-bond acceptors (Lipinski definition) is 6. The second-order valence-electron chi connectivity index (χ2n) is 7.49. The molecule has 0 bridgehead atoms. The van der Waals surface area contributed by atoms with Crippen LogP contribution in [0.3, 0.4) is 0 Å². The van der Waals surface area contributed by atoms with Crippen LogP contribution in [0.2, 0.25) is 0 Å². The van der Waals surface area contributed by atoms with Gasteiger partial charge >= 0.3 is 0 Å². The average Bonchev–Trinajstić information content (AvgIpc) is 2.74. The Kier molecular flexibility index (Phi) is 7.01. The maximum atomic E-state index is 12.2. The molecule has 0 unspecified atom stereocenters. The van der Waals surface area contributed by atoms with Crippen LogP contribution in [0.15, 0.2) is 36.7 Å². The second-order valence-corrected chi connectivity index (χ2v) is 7.49. The predicted molar refractivity (Wildman–Crippen MR) is 108 cm³/mol. The minimum atomic E-state index is -0.122. The number of benzene rings is 1. The molecule has 7 nitrogen and oxygen atoms in total. The van der Waals surface area contributed by atoms with Gasteiger partial charge in [-0.3, -0.25) is 4.79 Å². The molecule has 0 saturated heterocycles. The molecule has 1 aliphatic carbocycles. The predicted octanol–water partition coefficient (Wildman–Crippen LogP) is 3.36. The number of nitriles is 1. The Morgan fingerprint density at radius 1 is 1.17 bits per heavy atom. The Balaban J connectivity index is 1.40. The summed E-state index contributed by atoms with van der Waals surface area (Å²) in [5.41, 5.74) is 1.44. The van der Waals surface area contributed by atoms with Crippen molar-refractivity contribution in [1.82, 2.24) is 15.3 Å². The third-order valence-electron chi connectivity index (χ3n) is 5.00. The number of carbonyl (C=O) groups excluding carboxylic acids is 1. The average molecular weight is 394 g/mol. The first-order valence-electron chi connectivity index (χ1n) is 9.95. The summed E-state index contributed by atoms with van der Waals surface area (Å²) in [5, 5.41) is 12.1. The van der Waals surface area contributed by atoms with E-state index in [1.54, 1.807) is 0 Å². The molecule has 1 aromatic heterocycles. The summed E-state index contributed by atoms with van der Waals surface area (Å²) in [6, 6.07) is 9.93. The Morgan fingerprint density at radius 2 is 1.86 bits per heavy atom. The Bertz CT molecular complexity index is 853. The zero-order valence-electron chi connectivity index (χ0n) is 16.8. The van der Waals surface area contributed by atoms with Gasteiger partial charge in [0.2, 0.25) is 5.69 Å². The summed E-state index contributed by atoms with van der Waals surface area (Å²) in [4.78, 5) is 20.2. The quantitative estimate of drug-likeness (QED) is 0.773. The zero-order valence-corrected chi connectivity index (χ0v) is 16.8. The lowest BCUT2D eigenvalue weighted by Gasteiger charge is -2.29. The number of aromatic nitrogens is 2. The van der Waals surface area contributed by atoms with Crippen LogP contribution in [-0.2, 0) is 4.79 Å². The molecule has 2 aromatic rings. The lowest BCUT2D eigenvalue weighted by molar-refractivity contribution is -0.124. The lowest BCUT2D eigenvalue weighted by atomic mass is 9.93. The number of ether oxygens (including phenoxy) is 2. The largest absolute Gasteiger partial charge is 0.484 e. The summed E-state index contributed by atoms with van der Waals surface area (Å²) in [6.07, 6.45) is 6.14. The molecule has 3 rings (SSSR count). The van der Waals surface area contributed by atoms with Gasteiger partial charge in [0.15, 0.2) is 6.61 Å². The van der Waals surface area contributed by atoms with Gasteiger partial charge in [-0.05, 0) is 49.3 Å². The fraction of sp³-hybridized carbons (Fsp3) is 0.455. The van der Waals surface area contributed by atoms with Crippen LogP contribution >= 0.6 is 0 Å². The first-order chi connectivity index (χ1) is 14.0. The molecular formula is C22H26N4O3. The fourth-order valence-corrected chi connectivity index (χ4v) is 3.34. The van der Waals surface area contributed by atoms with Crippen LogP contribution in [0, 0.1) is 11.3 Å². The highest BCUT2D eigenvalue weighted by Gasteiger charge is 2.25. The van der Waals surface area contributed by atoms with Crippen LogP contribution in [0.25, 0.3) is 0 Å². The van der Waals surface area contributed by atoms with Crippen molar-refractivity contribution >= 4 is 5.91 Å². The van der Waals surface area contributed by atoms with Crippen molar-refractivity contribution in [2.75, 3.05) is 6.61 Å². The topological polar surface area (TPSA) is 97.1 Å². The molecule has 1 aromatic carbocycles. The highest BCUT2D eigenvalue weighted by atomic mass is 16.5. The molecule has 152 valence electrons. The molecule has 1 saturated carbocycles. The van der Waals surface area contributed by atoms with Crippen LogP contribution < -0.4 is 14.8 Å². The van der Waals surface area contributed by atoms with Gasteiger partial charge in [0.05, 0.1) is 0 Å². The van der Waals surface area contributed by atoms with E-state index in [1.165, 1.54) is 18.0 Å². The smallest absolute Gasteiger partial charge is 0.258 e. The minimum Gasteiger partial charge on any atom is -0.484 e. The van der Waals surface area contributed by atoms with Gasteiger partial charge in [0.25, 0.3) is 11.8 Å². The molecule has 1 aliphatic rings. The molecule has 0 radical (unpaired) electrons. The van der Waals surface area contributed by atoms with E-state index < -0.39 is 0 Å². The molecule has 7 heteroatoms. The first-order valence-corrected chi connectivity index (χ1v) is 9.95. The number of amides is 1. The molecule has 1 fully saturated rings. The van der Waals surface area contributed by atoms with Gasteiger partial charge in [-0.1, -0.05) is 26.0 Å². The van der Waals surface area contributed by atoms with Crippen molar-refractivity contribution in [3.8, 4) is 17.7 Å². The van der Waals surface area contributed by atoms with E-state index in [1.807, 2.05) is 30.3 Å². The third-order valence-corrected chi connectivity index (χ3v) is 5.00. The Hall–Kier alpha value is -3.14. The van der Waals surface area contributed by atoms with E-state index in [0.717, 1.165) is 25.7 Å². The molecule has 0 atom stereocenters. The van der Waals surface area contributed by atoms with Crippen molar-refractivity contribution in [2.24, 2.45) is 0 Å². The third kappa shape index (κ3) is 5.92. The fourth-order valence-electron chi connectivity index (χ4n) is 3.34. The zero-order chi connectivity index (χ0) is 20.6. The lowest BCUT2D eigenvalue weighted by Crippen LogP contribution is -2.41. The molecule has 1 N–H and O–H groups in total. The Morgan fingerprint density at radius 3 is 2.52 bits per heavy atom. The van der Waals surface area contributed by atoms with Crippen molar-refractivity contribution in [2.45, 2.75) is 57.6 Å². The van der Waals surface area contributed by atoms with Crippen LogP contribution in [0.4, 0.5) is 0 Å². The summed E-state index contributed by atoms with van der Waals surface area (Å²) < 4.78 is 11.4. The second kappa shape index (κ2) is 9.87. The van der Waals surface area contributed by atoms with Crippen molar-refractivity contribution in [1.29, 1.82) is 5.26 Å². The van der Waals surface area contributed by atoms with Crippen molar-refractivity contribution in [3.05, 3.63) is 47.9 Å². The highest BCUT2D eigenvalue weighted by Crippen LogP contribution is 2.24. The minimum absolute atomic E-state index is 0.00257. The van der Waals surface area contributed by atoms with E-state index >= 15 is 0 Å². The van der Waals surface area contributed by atoms with Gasteiger partial charge in [0, 0.05) is 18.4 Å². The van der Waals surface area contributed by atoms with Crippen LogP contribution in [0.1, 0.15) is 56.7 Å². The standard InChI is InChI=1S/C22H26N4O3/c1-15(2)16-3-7-18(8-4-16)28-14-21(27)26-17-5-9-19(10-6-17)29-22-20(13-23)24-11-12-25-22/h3-4,7-8,11-12,15,17,19H,5-6,9-10,14H2,1-2H3,(H,26,27). The summed E-state index contributed by atoms with van der Waals surface area (Å²) in [5.74, 6) is 1.31. The SMILES string of the molecule is CC(C)c1ccc(OCC(=O)NC2CCC(Oc3nccnc3C#N)CC2)cc1. The molecular weight excluding hydrogens is 368 g/mol. The van der Waals surface area contributed by atoms with Gasteiger partial charge in [0.1, 0.15) is 17.9 Å². The molecule has 29 heavy (non-hydrogen) atoms. The Labute approximate surface area is 171 Å². The molecule has 0 spiro atoms. The summed E-state index contributed by atoms with van der Waals surface area (Å²) >= 11 is 0. The van der Waals surface area contributed by atoms with E-state index in [9.17, 15) is 4.79 Å². The first kappa shape index (κ1) is 20.6. The van der Waals surface area contributed by atoms with E-state index in [-0.39, 0.29) is 36.2 Å². The van der Waals surface area contributed by atoms with E-state index in [4.69, 9.17) is 14.7 Å². The van der Waals surface area contributed by atoms with E-state index in [2.05, 4.69) is 29.1 Å². The molecule has 0 aliphatic heterocycles. The van der Waals surface area contributed by atoms with Gasteiger partial charge in [-0.2, -0.15) is 5.26 Å². The number of carbonyl (C=O) groups is 1. The monoisotopic (exact) mass is 394 g/mol. The van der Waals surface area contributed by atoms with Crippen molar-refractivity contribution < 1.29 is 14.3 Å².